The van der Waals surface area contributed by atoms with Crippen molar-refractivity contribution in [3.63, 3.8) is 0 Å². The van der Waals surface area contributed by atoms with Gasteiger partial charge in [0.25, 0.3) is 0 Å². The van der Waals surface area contributed by atoms with Crippen LogP contribution in [0.4, 0.5) is 0 Å². The second-order valence-corrected chi connectivity index (χ2v) is 10.3. The van der Waals surface area contributed by atoms with Gasteiger partial charge >= 0.3 is 11.9 Å². The lowest BCUT2D eigenvalue weighted by Gasteiger charge is -2.07. The lowest BCUT2D eigenvalue weighted by Crippen LogP contribution is -2.13. The molecular weight excluding hydrogens is 544 g/mol. The summed E-state index contributed by atoms with van der Waals surface area (Å²) in [7, 11) is 3.28. The molecule has 250 valence electrons. The van der Waals surface area contributed by atoms with Crippen molar-refractivity contribution in [2.24, 2.45) is 0 Å². The van der Waals surface area contributed by atoms with Crippen molar-refractivity contribution in [2.75, 3.05) is 93.5 Å². The maximum atomic E-state index is 11.8. The molecule has 0 radical (unpaired) electrons. The van der Waals surface area contributed by atoms with Gasteiger partial charge < -0.3 is 37.9 Å². The van der Waals surface area contributed by atoms with Crippen molar-refractivity contribution in [3.8, 4) is 0 Å². The molecule has 0 rings (SSSR count). The van der Waals surface area contributed by atoms with Crippen molar-refractivity contribution < 1.29 is 47.5 Å². The normalized spacial score (nSPS) is 11.2. The third-order valence-corrected chi connectivity index (χ3v) is 6.60. The Morgan fingerprint density at radius 2 is 0.571 bits per heavy atom. The maximum Gasteiger partial charge on any atom is 0.305 e. The molecule has 0 N–H and O–H groups in total. The van der Waals surface area contributed by atoms with Gasteiger partial charge in [0.05, 0.1) is 66.1 Å². The van der Waals surface area contributed by atoms with Crippen LogP contribution in [0.15, 0.2) is 0 Å². The van der Waals surface area contributed by atoms with Crippen molar-refractivity contribution >= 4 is 11.9 Å². The zero-order valence-corrected chi connectivity index (χ0v) is 26.9. The summed E-state index contributed by atoms with van der Waals surface area (Å²) >= 11 is 0. The molecule has 0 saturated heterocycles. The number of carbonyl (C=O) groups is 2. The van der Waals surface area contributed by atoms with Gasteiger partial charge in [0.2, 0.25) is 0 Å². The van der Waals surface area contributed by atoms with Crippen LogP contribution < -0.4 is 0 Å². The van der Waals surface area contributed by atoms with Gasteiger partial charge in [0.15, 0.2) is 0 Å². The Morgan fingerprint density at radius 1 is 0.333 bits per heavy atom. The summed E-state index contributed by atoms with van der Waals surface area (Å²) in [5, 5.41) is 0. The van der Waals surface area contributed by atoms with E-state index in [2.05, 4.69) is 0 Å². The summed E-state index contributed by atoms with van der Waals surface area (Å²) in [5.74, 6) is -0.266. The van der Waals surface area contributed by atoms with Crippen molar-refractivity contribution in [1.82, 2.24) is 0 Å². The van der Waals surface area contributed by atoms with Gasteiger partial charge in [0.1, 0.15) is 13.2 Å². The molecule has 0 atom stereocenters. The molecule has 0 aliphatic heterocycles. The van der Waals surface area contributed by atoms with Gasteiger partial charge in [-0.15, -0.1) is 0 Å². The van der Waals surface area contributed by atoms with Crippen LogP contribution in [-0.2, 0) is 47.5 Å². The second kappa shape index (κ2) is 35.9. The highest BCUT2D eigenvalue weighted by atomic mass is 16.6. The molecule has 10 nitrogen and oxygen atoms in total. The van der Waals surface area contributed by atoms with Gasteiger partial charge in [-0.2, -0.15) is 0 Å². The van der Waals surface area contributed by atoms with Crippen LogP contribution in [-0.4, -0.2) is 105 Å². The molecule has 0 aromatic heterocycles. The van der Waals surface area contributed by atoms with Gasteiger partial charge in [-0.05, 0) is 12.8 Å². The van der Waals surface area contributed by atoms with Crippen LogP contribution in [0.1, 0.15) is 103 Å². The summed E-state index contributed by atoms with van der Waals surface area (Å²) in [6.07, 6.45) is 17.6. The first-order valence-corrected chi connectivity index (χ1v) is 16.3. The number of methoxy groups -OCH3 is 2. The van der Waals surface area contributed by atoms with E-state index < -0.39 is 0 Å². The average Bonchev–Trinajstić information content (AvgIpc) is 2.99. The molecular formula is C32H62O10. The van der Waals surface area contributed by atoms with Crippen molar-refractivity contribution in [2.45, 2.75) is 103 Å². The molecule has 10 heteroatoms. The van der Waals surface area contributed by atoms with E-state index in [1.165, 1.54) is 64.2 Å². The Labute approximate surface area is 255 Å². The monoisotopic (exact) mass is 606 g/mol. The number of hydrogen-bond donors (Lipinski definition) is 0. The Balaban J connectivity index is 3.20. The van der Waals surface area contributed by atoms with Crippen LogP contribution in [0.2, 0.25) is 0 Å². The van der Waals surface area contributed by atoms with Crippen molar-refractivity contribution in [1.29, 1.82) is 0 Å². The minimum absolute atomic E-state index is 0.133. The molecule has 0 aliphatic carbocycles. The van der Waals surface area contributed by atoms with E-state index >= 15 is 0 Å². The Hall–Kier alpha value is -1.30. The van der Waals surface area contributed by atoms with E-state index in [0.29, 0.717) is 92.1 Å². The molecule has 0 aromatic carbocycles. The average molecular weight is 607 g/mol. The minimum atomic E-state index is -0.133. The zero-order chi connectivity index (χ0) is 30.6. The quantitative estimate of drug-likeness (QED) is 0.0661. The van der Waals surface area contributed by atoms with E-state index in [1.54, 1.807) is 14.2 Å². The third kappa shape index (κ3) is 34.9. The summed E-state index contributed by atoms with van der Waals surface area (Å²) in [4.78, 5) is 23.5. The molecule has 0 saturated carbocycles. The smallest absolute Gasteiger partial charge is 0.305 e. The summed E-state index contributed by atoms with van der Waals surface area (Å²) < 4.78 is 41.5. The van der Waals surface area contributed by atoms with E-state index in [4.69, 9.17) is 37.9 Å². The fraction of sp³-hybridized carbons (Fsp3) is 0.938. The zero-order valence-electron chi connectivity index (χ0n) is 26.9. The highest BCUT2D eigenvalue weighted by Crippen LogP contribution is 2.14. The first-order valence-electron chi connectivity index (χ1n) is 16.3. The van der Waals surface area contributed by atoms with Gasteiger partial charge in [-0.1, -0.05) is 77.0 Å². The van der Waals surface area contributed by atoms with Crippen molar-refractivity contribution in [3.05, 3.63) is 0 Å². The topological polar surface area (TPSA) is 108 Å². The highest BCUT2D eigenvalue weighted by Gasteiger charge is 2.04. The summed E-state index contributed by atoms with van der Waals surface area (Å²) in [6, 6.07) is 0. The lowest BCUT2D eigenvalue weighted by atomic mass is 10.0. The number of unbranched alkanes of at least 4 members (excludes halogenated alkanes) is 13. The minimum Gasteiger partial charge on any atom is -0.463 e. The molecule has 0 fully saturated rings. The Morgan fingerprint density at radius 3 is 0.857 bits per heavy atom. The van der Waals surface area contributed by atoms with E-state index in [-0.39, 0.29) is 11.9 Å². The largest absolute Gasteiger partial charge is 0.463 e. The SMILES string of the molecule is COCCOCCOCCOC(=O)CCCCCCCCCCCCCCCCC(=O)OCCOCCOCCOC. The first-order chi connectivity index (χ1) is 20.7. The third-order valence-electron chi connectivity index (χ3n) is 6.60. The molecule has 0 heterocycles. The molecule has 0 spiro atoms. The predicted octanol–water partition coefficient (Wildman–Crippen LogP) is 5.67. The Kier molecular flexibility index (Phi) is 34.8. The molecule has 0 amide bonds. The molecule has 0 bridgehead atoms. The molecule has 0 aromatic rings. The van der Waals surface area contributed by atoms with Crippen LogP contribution in [0.3, 0.4) is 0 Å². The fourth-order valence-corrected chi connectivity index (χ4v) is 4.16. The lowest BCUT2D eigenvalue weighted by molar-refractivity contribution is -0.146. The number of carbonyl (C=O) groups excluding carboxylic acids is 2. The molecule has 0 aliphatic rings. The van der Waals surface area contributed by atoms with Crippen LogP contribution >= 0.6 is 0 Å². The van der Waals surface area contributed by atoms with E-state index in [9.17, 15) is 9.59 Å². The van der Waals surface area contributed by atoms with Crippen LogP contribution in [0, 0.1) is 0 Å². The number of ether oxygens (including phenoxy) is 8. The summed E-state index contributed by atoms with van der Waals surface area (Å²) in [6.45, 7) is 5.73. The molecule has 42 heavy (non-hydrogen) atoms. The number of esters is 2. The second-order valence-electron chi connectivity index (χ2n) is 10.3. The fourth-order valence-electron chi connectivity index (χ4n) is 4.16. The maximum absolute atomic E-state index is 11.8. The number of hydrogen-bond acceptors (Lipinski definition) is 10. The van der Waals surface area contributed by atoms with Crippen LogP contribution in [0.25, 0.3) is 0 Å². The predicted molar refractivity (Wildman–Crippen MR) is 163 cm³/mol. The number of rotatable bonds is 35. The highest BCUT2D eigenvalue weighted by molar-refractivity contribution is 5.69. The molecule has 0 unspecified atom stereocenters. The first kappa shape index (κ1) is 40.7. The summed E-state index contributed by atoms with van der Waals surface area (Å²) in [5.41, 5.74) is 0. The Bertz CT molecular complexity index is 513. The standard InChI is InChI=1S/C32H62O10/c1-35-19-21-37-23-25-39-27-29-41-31(33)17-15-13-11-9-7-5-3-4-6-8-10-12-14-16-18-32(34)42-30-28-40-26-24-38-22-20-36-2/h3-30H2,1-2H3. The van der Waals surface area contributed by atoms with Gasteiger partial charge in [-0.25, -0.2) is 0 Å². The van der Waals surface area contributed by atoms with E-state index in [0.717, 1.165) is 25.7 Å². The van der Waals surface area contributed by atoms with E-state index in [1.807, 2.05) is 0 Å². The van der Waals surface area contributed by atoms with Gasteiger partial charge in [-0.3, -0.25) is 9.59 Å². The van der Waals surface area contributed by atoms with Crippen LogP contribution in [0.5, 0.6) is 0 Å². The van der Waals surface area contributed by atoms with Gasteiger partial charge in [0, 0.05) is 27.1 Å².